The molecule has 0 radical (unpaired) electrons. The Balaban J connectivity index is 1.50. The Morgan fingerprint density at radius 1 is 1.31 bits per heavy atom. The zero-order chi connectivity index (χ0) is 18.3. The SMILES string of the molecule is Cc1ccc(F)c2cc(C(=O)Nc3cc(C4CCN(C)CC4)[nH]n3)[nH]c12. The molecule has 7 heteroatoms. The van der Waals surface area contributed by atoms with Gasteiger partial charge in [-0.25, -0.2) is 4.39 Å². The Morgan fingerprint density at radius 2 is 2.08 bits per heavy atom. The molecule has 0 saturated carbocycles. The molecular formula is C19H22FN5O. The molecule has 0 aliphatic carbocycles. The fraction of sp³-hybridized carbons (Fsp3) is 0.368. The summed E-state index contributed by atoms with van der Waals surface area (Å²) in [4.78, 5) is 17.8. The summed E-state index contributed by atoms with van der Waals surface area (Å²) in [5.41, 5.74) is 2.90. The zero-order valence-electron chi connectivity index (χ0n) is 14.9. The van der Waals surface area contributed by atoms with Crippen LogP contribution in [0.2, 0.25) is 0 Å². The predicted molar refractivity (Wildman–Crippen MR) is 99.0 cm³/mol. The number of anilines is 1. The van der Waals surface area contributed by atoms with E-state index in [0.717, 1.165) is 37.2 Å². The Hall–Kier alpha value is -2.67. The number of likely N-dealkylation sites (tertiary alicyclic amines) is 1. The number of fused-ring (bicyclic) bond motifs is 1. The summed E-state index contributed by atoms with van der Waals surface area (Å²) < 4.78 is 13.9. The maximum absolute atomic E-state index is 13.9. The van der Waals surface area contributed by atoms with Gasteiger partial charge in [0.2, 0.25) is 0 Å². The minimum atomic E-state index is -0.342. The summed E-state index contributed by atoms with van der Waals surface area (Å²) in [7, 11) is 2.12. The van der Waals surface area contributed by atoms with E-state index in [1.165, 1.54) is 12.1 Å². The second kappa shape index (κ2) is 6.57. The van der Waals surface area contributed by atoms with E-state index >= 15 is 0 Å². The van der Waals surface area contributed by atoms with Crippen LogP contribution in [-0.4, -0.2) is 46.1 Å². The Kier molecular flexibility index (Phi) is 4.24. The van der Waals surface area contributed by atoms with Crippen LogP contribution in [-0.2, 0) is 0 Å². The molecular weight excluding hydrogens is 333 g/mol. The first-order valence-corrected chi connectivity index (χ1v) is 8.84. The molecule has 0 bridgehead atoms. The van der Waals surface area contributed by atoms with Gasteiger partial charge in [0.05, 0.1) is 5.52 Å². The van der Waals surface area contributed by atoms with Crippen molar-refractivity contribution in [2.45, 2.75) is 25.7 Å². The maximum Gasteiger partial charge on any atom is 0.273 e. The number of benzene rings is 1. The van der Waals surface area contributed by atoms with E-state index < -0.39 is 0 Å². The molecule has 0 spiro atoms. The van der Waals surface area contributed by atoms with Crippen molar-refractivity contribution in [3.05, 3.63) is 47.0 Å². The number of aromatic nitrogens is 3. The molecule has 1 fully saturated rings. The highest BCUT2D eigenvalue weighted by Gasteiger charge is 2.21. The molecule has 26 heavy (non-hydrogen) atoms. The maximum atomic E-state index is 13.9. The van der Waals surface area contributed by atoms with Crippen molar-refractivity contribution in [2.24, 2.45) is 0 Å². The highest BCUT2D eigenvalue weighted by atomic mass is 19.1. The number of carbonyl (C=O) groups excluding carboxylic acids is 1. The smallest absolute Gasteiger partial charge is 0.273 e. The number of halogens is 1. The van der Waals surface area contributed by atoms with Gasteiger partial charge >= 0.3 is 0 Å². The second-order valence-electron chi connectivity index (χ2n) is 7.08. The topological polar surface area (TPSA) is 76.8 Å². The van der Waals surface area contributed by atoms with Crippen molar-refractivity contribution in [1.29, 1.82) is 0 Å². The normalized spacial score (nSPS) is 16.3. The van der Waals surface area contributed by atoms with Crippen LogP contribution in [0.5, 0.6) is 0 Å². The number of rotatable bonds is 3. The average molecular weight is 355 g/mol. The number of nitrogens with one attached hydrogen (secondary N) is 3. The number of hydrogen-bond donors (Lipinski definition) is 3. The van der Waals surface area contributed by atoms with Gasteiger partial charge in [-0.1, -0.05) is 6.07 Å². The second-order valence-corrected chi connectivity index (χ2v) is 7.08. The van der Waals surface area contributed by atoms with Crippen LogP contribution >= 0.6 is 0 Å². The van der Waals surface area contributed by atoms with Crippen LogP contribution in [0.25, 0.3) is 10.9 Å². The molecule has 3 N–H and O–H groups in total. The number of aromatic amines is 2. The molecule has 3 aromatic rings. The number of aryl methyl sites for hydroxylation is 1. The average Bonchev–Trinajstić information content (AvgIpc) is 3.27. The quantitative estimate of drug-likeness (QED) is 0.674. The summed E-state index contributed by atoms with van der Waals surface area (Å²) in [6, 6.07) is 6.53. The van der Waals surface area contributed by atoms with E-state index in [1.54, 1.807) is 6.07 Å². The molecule has 0 atom stereocenters. The molecule has 2 aromatic heterocycles. The minimum absolute atomic E-state index is 0.317. The summed E-state index contributed by atoms with van der Waals surface area (Å²) in [6.45, 7) is 4.00. The van der Waals surface area contributed by atoms with Gasteiger partial charge in [0, 0.05) is 23.1 Å². The Bertz CT molecular complexity index is 913. The van der Waals surface area contributed by atoms with Crippen molar-refractivity contribution in [2.75, 3.05) is 25.5 Å². The van der Waals surface area contributed by atoms with Gasteiger partial charge in [-0.05, 0) is 57.6 Å². The summed E-state index contributed by atoms with van der Waals surface area (Å²) >= 11 is 0. The number of nitrogens with zero attached hydrogens (tertiary/aromatic N) is 2. The molecule has 1 saturated heterocycles. The minimum Gasteiger partial charge on any atom is -0.350 e. The molecule has 3 heterocycles. The van der Waals surface area contributed by atoms with Crippen molar-refractivity contribution >= 4 is 22.6 Å². The zero-order valence-corrected chi connectivity index (χ0v) is 14.9. The van der Waals surface area contributed by atoms with E-state index in [2.05, 4.69) is 32.4 Å². The third-order valence-corrected chi connectivity index (χ3v) is 5.19. The van der Waals surface area contributed by atoms with Gasteiger partial charge in [0.15, 0.2) is 5.82 Å². The molecule has 6 nitrogen and oxygen atoms in total. The van der Waals surface area contributed by atoms with E-state index in [-0.39, 0.29) is 11.7 Å². The number of piperidine rings is 1. The van der Waals surface area contributed by atoms with Gasteiger partial charge in [0.25, 0.3) is 5.91 Å². The van der Waals surface area contributed by atoms with Crippen molar-refractivity contribution < 1.29 is 9.18 Å². The first-order valence-electron chi connectivity index (χ1n) is 8.84. The number of H-pyrrole nitrogens is 2. The first kappa shape index (κ1) is 16.8. The van der Waals surface area contributed by atoms with Gasteiger partial charge in [0.1, 0.15) is 11.5 Å². The van der Waals surface area contributed by atoms with E-state index in [1.807, 2.05) is 13.0 Å². The number of carbonyl (C=O) groups is 1. The Morgan fingerprint density at radius 3 is 2.81 bits per heavy atom. The van der Waals surface area contributed by atoms with Gasteiger partial charge in [-0.2, -0.15) is 5.10 Å². The van der Waals surface area contributed by atoms with Crippen molar-refractivity contribution in [3.63, 3.8) is 0 Å². The van der Waals surface area contributed by atoms with Crippen LogP contribution < -0.4 is 5.32 Å². The highest BCUT2D eigenvalue weighted by molar-refractivity contribution is 6.05. The third-order valence-electron chi connectivity index (χ3n) is 5.19. The van der Waals surface area contributed by atoms with Crippen LogP contribution in [0.3, 0.4) is 0 Å². The molecule has 0 unspecified atom stereocenters. The van der Waals surface area contributed by atoms with Crippen molar-refractivity contribution in [3.8, 4) is 0 Å². The van der Waals surface area contributed by atoms with E-state index in [0.29, 0.717) is 28.3 Å². The molecule has 1 aliphatic heterocycles. The Labute approximate surface area is 150 Å². The lowest BCUT2D eigenvalue weighted by atomic mass is 9.94. The van der Waals surface area contributed by atoms with Crippen LogP contribution in [0, 0.1) is 12.7 Å². The van der Waals surface area contributed by atoms with Gasteiger partial charge in [-0.3, -0.25) is 9.89 Å². The van der Waals surface area contributed by atoms with E-state index in [4.69, 9.17) is 0 Å². The van der Waals surface area contributed by atoms with Crippen LogP contribution in [0.1, 0.15) is 40.5 Å². The lowest BCUT2D eigenvalue weighted by Gasteiger charge is -2.27. The lowest BCUT2D eigenvalue weighted by molar-refractivity contribution is 0.102. The fourth-order valence-corrected chi connectivity index (χ4v) is 3.56. The van der Waals surface area contributed by atoms with Gasteiger partial charge < -0.3 is 15.2 Å². The number of hydrogen-bond acceptors (Lipinski definition) is 3. The lowest BCUT2D eigenvalue weighted by Crippen LogP contribution is -2.29. The molecule has 1 amide bonds. The monoisotopic (exact) mass is 355 g/mol. The van der Waals surface area contributed by atoms with Crippen LogP contribution in [0.15, 0.2) is 24.3 Å². The molecule has 136 valence electrons. The number of amides is 1. The van der Waals surface area contributed by atoms with E-state index in [9.17, 15) is 9.18 Å². The molecule has 1 aliphatic rings. The summed E-state index contributed by atoms with van der Waals surface area (Å²) in [5.74, 6) is 0.251. The molecule has 1 aromatic carbocycles. The standard InChI is InChI=1S/C19H22FN5O/c1-11-3-4-14(20)13-9-16(21-18(11)13)19(26)22-17-10-15(23-24-17)12-5-7-25(2)8-6-12/h3-4,9-10,12,21H,5-8H2,1-2H3,(H2,22,23,24,26). The predicted octanol–water partition coefficient (Wildman–Crippen LogP) is 3.40. The third kappa shape index (κ3) is 3.10. The fourth-order valence-electron chi connectivity index (χ4n) is 3.56. The highest BCUT2D eigenvalue weighted by Crippen LogP contribution is 2.27. The molecule has 4 rings (SSSR count). The first-order chi connectivity index (χ1) is 12.5. The van der Waals surface area contributed by atoms with Crippen LogP contribution in [0.4, 0.5) is 10.2 Å². The van der Waals surface area contributed by atoms with Gasteiger partial charge in [-0.15, -0.1) is 0 Å². The van der Waals surface area contributed by atoms with Crippen molar-refractivity contribution in [1.82, 2.24) is 20.1 Å². The summed E-state index contributed by atoms with van der Waals surface area (Å²) in [5, 5.41) is 10.4. The largest absolute Gasteiger partial charge is 0.350 e. The summed E-state index contributed by atoms with van der Waals surface area (Å²) in [6.07, 6.45) is 2.15.